The predicted octanol–water partition coefficient (Wildman–Crippen LogP) is 1.10. The number of nitriles is 1. The first kappa shape index (κ1) is 11.4. The first-order valence-electron chi connectivity index (χ1n) is 2.15. The van der Waals surface area contributed by atoms with Crippen LogP contribution in [0.2, 0.25) is 0 Å². The van der Waals surface area contributed by atoms with E-state index in [1.165, 1.54) is 7.11 Å². The van der Waals surface area contributed by atoms with Gasteiger partial charge in [-0.15, -0.1) is 6.42 Å². The maximum absolute atomic E-state index is 8.11. The summed E-state index contributed by atoms with van der Waals surface area (Å²) in [6.45, 7) is 1.88. The summed E-state index contributed by atoms with van der Waals surface area (Å²) >= 11 is 0. The third kappa shape index (κ3) is 4.80. The van der Waals surface area contributed by atoms with Crippen LogP contribution < -0.4 is 0 Å². The Morgan fingerprint density at radius 2 is 2.25 bits per heavy atom. The van der Waals surface area contributed by atoms with Crippen LogP contribution in [0.5, 0.6) is 0 Å². The molecule has 48 valence electrons. The van der Waals surface area contributed by atoms with Crippen LogP contribution in [0, 0.1) is 57.4 Å². The summed E-state index contributed by atoms with van der Waals surface area (Å²) in [6, 6.07) is 1.90. The van der Waals surface area contributed by atoms with Gasteiger partial charge in [-0.2, -0.15) is 6.10 Å². The molecule has 0 aliphatic heterocycles. The minimum atomic E-state index is 0. The van der Waals surface area contributed by atoms with Crippen LogP contribution in [-0.4, -0.2) is 7.11 Å². The van der Waals surface area contributed by atoms with E-state index in [0.29, 0.717) is 12.5 Å². The smallest absolute Gasteiger partial charge is 0.00302 e. The topological polar surface area (TPSA) is 33.0 Å². The van der Waals surface area contributed by atoms with Gasteiger partial charge >= 0.3 is 0 Å². The van der Waals surface area contributed by atoms with Crippen LogP contribution >= 0.6 is 0 Å². The fourth-order valence-corrected chi connectivity index (χ4v) is 0.269. The van der Waals surface area contributed by atoms with E-state index < -0.39 is 0 Å². The Bertz CT molecular complexity index is 75.0. The van der Waals surface area contributed by atoms with Gasteiger partial charge in [0.15, 0.2) is 0 Å². The van der Waals surface area contributed by atoms with Gasteiger partial charge in [-0.05, 0) is 0 Å². The summed E-state index contributed by atoms with van der Waals surface area (Å²) in [5.41, 5.74) is 0. The van der Waals surface area contributed by atoms with Crippen molar-refractivity contribution in [2.45, 2.75) is 13.3 Å². The Kier molecular flexibility index (Phi) is 10.9. The van der Waals surface area contributed by atoms with Crippen molar-refractivity contribution in [3.63, 3.8) is 0 Å². The van der Waals surface area contributed by atoms with Gasteiger partial charge in [0.25, 0.3) is 0 Å². The second kappa shape index (κ2) is 7.64. The summed E-state index contributed by atoms with van der Waals surface area (Å²) in [5, 5.41) is 8.11. The van der Waals surface area contributed by atoms with E-state index in [2.05, 4.69) is 4.74 Å². The molecule has 0 aliphatic rings. The van der Waals surface area contributed by atoms with Gasteiger partial charge in [0.2, 0.25) is 0 Å². The summed E-state index contributed by atoms with van der Waals surface area (Å²) in [4.78, 5) is 0. The number of rotatable bonds is 2. The molecular formula is C5H8GdNO-. The molecule has 0 unspecified atom stereocenters. The third-order valence-electron chi connectivity index (χ3n) is 0.692. The molecule has 0 spiro atoms. The van der Waals surface area contributed by atoms with E-state index in [-0.39, 0.29) is 39.9 Å². The Balaban J connectivity index is 0. The quantitative estimate of drug-likeness (QED) is 0.692. The average Bonchev–Trinajstić information content (AvgIpc) is 1.72. The fraction of sp³-hybridized carbons (Fsp3) is 0.600. The molecule has 0 atom stereocenters. The third-order valence-corrected chi connectivity index (χ3v) is 0.692. The maximum Gasteiger partial charge on any atom is 0.00302 e. The second-order valence-corrected chi connectivity index (χ2v) is 1.09. The van der Waals surface area contributed by atoms with E-state index in [0.717, 1.165) is 0 Å². The maximum atomic E-state index is 8.11. The number of hydrogen-bond donors (Lipinski definition) is 0. The van der Waals surface area contributed by atoms with Crippen molar-refractivity contribution in [3.8, 4) is 6.07 Å². The number of methoxy groups -OCH3 is 1. The van der Waals surface area contributed by atoms with Crippen molar-refractivity contribution in [2.24, 2.45) is 0 Å². The van der Waals surface area contributed by atoms with Gasteiger partial charge < -0.3 is 4.74 Å². The van der Waals surface area contributed by atoms with E-state index in [1.54, 1.807) is 0 Å². The molecule has 3 heteroatoms. The summed E-state index contributed by atoms with van der Waals surface area (Å²) in [5.74, 6) is 0. The molecule has 0 radical (unpaired) electrons. The Labute approximate surface area is 81.9 Å². The van der Waals surface area contributed by atoms with Crippen molar-refractivity contribution in [1.82, 2.24) is 0 Å². The molecule has 0 amide bonds. The van der Waals surface area contributed by atoms with Crippen LogP contribution in [0.3, 0.4) is 0 Å². The standard InChI is InChI=1S/C5H8NO.Gd/c1-3-5(4-6)7-2;/h3H2,1-2H3;/q-1;. The van der Waals surface area contributed by atoms with Crippen molar-refractivity contribution in [1.29, 1.82) is 5.26 Å². The molecular weight excluding hydrogens is 247 g/mol. The van der Waals surface area contributed by atoms with Crippen LogP contribution in [0.1, 0.15) is 13.3 Å². The molecule has 0 aromatic rings. The summed E-state index contributed by atoms with van der Waals surface area (Å²) in [7, 11) is 1.50. The fourth-order valence-electron chi connectivity index (χ4n) is 0.269. The molecule has 0 saturated carbocycles. The normalized spacial score (nSPS) is 6.62. The van der Waals surface area contributed by atoms with Gasteiger partial charge in [-0.25, -0.2) is 5.26 Å². The summed E-state index contributed by atoms with van der Waals surface area (Å²) in [6.07, 6.45) is 1.17. The van der Waals surface area contributed by atoms with Gasteiger partial charge in [0.1, 0.15) is 0 Å². The predicted molar refractivity (Wildman–Crippen MR) is 26.2 cm³/mol. The first-order valence-corrected chi connectivity index (χ1v) is 2.15. The molecule has 0 aromatic carbocycles. The molecule has 0 heterocycles. The molecule has 0 saturated heterocycles. The molecule has 8 heavy (non-hydrogen) atoms. The van der Waals surface area contributed by atoms with Crippen LogP contribution in [0.25, 0.3) is 0 Å². The van der Waals surface area contributed by atoms with Crippen LogP contribution in [-0.2, 0) is 4.74 Å². The van der Waals surface area contributed by atoms with Gasteiger partial charge in [0.05, 0.1) is 0 Å². The molecule has 2 nitrogen and oxygen atoms in total. The van der Waals surface area contributed by atoms with Crippen molar-refractivity contribution in [2.75, 3.05) is 7.11 Å². The zero-order valence-corrected chi connectivity index (χ0v) is 7.18. The number of ether oxygens (including phenoxy) is 1. The largest absolute Gasteiger partial charge is 0.518 e. The molecule has 0 rings (SSSR count). The van der Waals surface area contributed by atoms with Crippen molar-refractivity contribution >= 4 is 0 Å². The Morgan fingerprint density at radius 3 is 2.25 bits per heavy atom. The van der Waals surface area contributed by atoms with Crippen molar-refractivity contribution in [3.05, 3.63) is 6.10 Å². The second-order valence-electron chi connectivity index (χ2n) is 1.09. The minimum absolute atomic E-state index is 0. The van der Waals surface area contributed by atoms with E-state index in [1.807, 2.05) is 13.0 Å². The first-order chi connectivity index (χ1) is 3.35. The van der Waals surface area contributed by atoms with Gasteiger partial charge in [0, 0.05) is 47.1 Å². The average molecular weight is 255 g/mol. The SMILES string of the molecule is CC[C-](C#N)OC.[Gd]. The number of nitrogens with zero attached hydrogens (tertiary/aromatic N) is 1. The summed E-state index contributed by atoms with van der Waals surface area (Å²) < 4.78 is 4.60. The van der Waals surface area contributed by atoms with Gasteiger partial charge in [-0.1, -0.05) is 13.0 Å². The zero-order valence-electron chi connectivity index (χ0n) is 4.92. The van der Waals surface area contributed by atoms with E-state index in [9.17, 15) is 0 Å². The number of hydrogen-bond acceptors (Lipinski definition) is 2. The van der Waals surface area contributed by atoms with E-state index >= 15 is 0 Å². The molecule has 0 aliphatic carbocycles. The van der Waals surface area contributed by atoms with Crippen molar-refractivity contribution < 1.29 is 44.7 Å². The Morgan fingerprint density at radius 1 is 1.75 bits per heavy atom. The molecule has 0 aromatic heterocycles. The molecule has 0 fully saturated rings. The van der Waals surface area contributed by atoms with Gasteiger partial charge in [-0.3, -0.25) is 0 Å². The zero-order chi connectivity index (χ0) is 5.70. The van der Waals surface area contributed by atoms with E-state index in [4.69, 9.17) is 5.26 Å². The minimum Gasteiger partial charge on any atom is -0.518 e. The van der Waals surface area contributed by atoms with Crippen LogP contribution in [0.4, 0.5) is 0 Å². The Hall–Kier alpha value is 0.645. The monoisotopic (exact) mass is 256 g/mol. The van der Waals surface area contributed by atoms with Crippen LogP contribution in [0.15, 0.2) is 0 Å². The molecule has 0 N–H and O–H groups in total. The molecule has 0 bridgehead atoms.